The number of amides is 1. The van der Waals surface area contributed by atoms with Crippen molar-refractivity contribution in [2.45, 2.75) is 38.6 Å². The quantitative estimate of drug-likeness (QED) is 0.813. The largest absolute Gasteiger partial charge is 0.374 e. The van der Waals surface area contributed by atoms with E-state index in [-0.39, 0.29) is 11.9 Å². The highest BCUT2D eigenvalue weighted by atomic mass is 16.1. The monoisotopic (exact) mass is 218 g/mol. The van der Waals surface area contributed by atoms with Gasteiger partial charge in [0.1, 0.15) is 6.04 Å². The minimum absolute atomic E-state index is 0.312. The molecule has 0 heterocycles. The van der Waals surface area contributed by atoms with Crippen molar-refractivity contribution < 1.29 is 4.79 Å². The predicted molar refractivity (Wildman–Crippen MR) is 65.4 cm³/mol. The van der Waals surface area contributed by atoms with E-state index in [1.807, 2.05) is 12.1 Å². The first-order valence-electron chi connectivity index (χ1n) is 5.85. The van der Waals surface area contributed by atoms with Crippen molar-refractivity contribution in [3.05, 3.63) is 29.3 Å². The van der Waals surface area contributed by atoms with Crippen LogP contribution in [0.2, 0.25) is 0 Å². The van der Waals surface area contributed by atoms with Gasteiger partial charge in [-0.1, -0.05) is 12.1 Å². The van der Waals surface area contributed by atoms with Crippen molar-refractivity contribution >= 4 is 11.6 Å². The summed E-state index contributed by atoms with van der Waals surface area (Å²) in [7, 11) is 0. The van der Waals surface area contributed by atoms with Crippen molar-refractivity contribution in [2.24, 2.45) is 5.73 Å². The van der Waals surface area contributed by atoms with Gasteiger partial charge in [0.05, 0.1) is 0 Å². The highest BCUT2D eigenvalue weighted by Gasteiger charge is 2.15. The molecule has 3 nitrogen and oxygen atoms in total. The second-order valence-electron chi connectivity index (χ2n) is 4.42. The Hall–Kier alpha value is -1.51. The van der Waals surface area contributed by atoms with Gasteiger partial charge in [0, 0.05) is 5.69 Å². The van der Waals surface area contributed by atoms with E-state index >= 15 is 0 Å². The number of nitrogens with two attached hydrogens (primary N) is 1. The Labute approximate surface area is 96.0 Å². The molecule has 1 aliphatic carbocycles. The molecule has 1 aliphatic rings. The molecule has 3 heteroatoms. The smallest absolute Gasteiger partial charge is 0.239 e. The fraction of sp³-hybridized carbons (Fsp3) is 0.462. The van der Waals surface area contributed by atoms with Gasteiger partial charge < -0.3 is 11.1 Å². The Bertz CT molecular complexity index is 401. The number of primary amides is 1. The second-order valence-corrected chi connectivity index (χ2v) is 4.42. The number of hydrogen-bond donors (Lipinski definition) is 2. The fourth-order valence-electron chi connectivity index (χ4n) is 2.22. The number of carbonyl (C=O) groups is 1. The van der Waals surface area contributed by atoms with Gasteiger partial charge in [0.25, 0.3) is 0 Å². The van der Waals surface area contributed by atoms with Crippen LogP contribution in [0.1, 0.15) is 30.9 Å². The first-order chi connectivity index (χ1) is 7.68. The normalized spacial score (nSPS) is 16.3. The molecule has 0 spiro atoms. The van der Waals surface area contributed by atoms with Crippen LogP contribution in [0.4, 0.5) is 5.69 Å². The molecule has 0 saturated carbocycles. The fourth-order valence-corrected chi connectivity index (χ4v) is 2.22. The molecule has 1 aromatic rings. The van der Waals surface area contributed by atoms with E-state index in [0.717, 1.165) is 18.5 Å². The first-order valence-corrected chi connectivity index (χ1v) is 5.85. The summed E-state index contributed by atoms with van der Waals surface area (Å²) in [5.41, 5.74) is 9.10. The maximum absolute atomic E-state index is 11.0. The van der Waals surface area contributed by atoms with Crippen LogP contribution in [-0.4, -0.2) is 11.9 Å². The number of rotatable bonds is 3. The second kappa shape index (κ2) is 4.56. The van der Waals surface area contributed by atoms with Gasteiger partial charge in [0.15, 0.2) is 0 Å². The van der Waals surface area contributed by atoms with Crippen LogP contribution in [0.5, 0.6) is 0 Å². The Morgan fingerprint density at radius 3 is 2.88 bits per heavy atom. The van der Waals surface area contributed by atoms with Gasteiger partial charge in [-0.15, -0.1) is 0 Å². The average Bonchev–Trinajstić information content (AvgIpc) is 2.29. The molecule has 2 rings (SSSR count). The Kier molecular flexibility index (Phi) is 3.13. The number of anilines is 1. The average molecular weight is 218 g/mol. The topological polar surface area (TPSA) is 55.1 Å². The van der Waals surface area contributed by atoms with Crippen LogP contribution in [-0.2, 0) is 17.6 Å². The summed E-state index contributed by atoms with van der Waals surface area (Å²) >= 11 is 0. The minimum atomic E-state index is -0.312. The van der Waals surface area contributed by atoms with Crippen molar-refractivity contribution in [3.8, 4) is 0 Å². The molecule has 0 radical (unpaired) electrons. The zero-order valence-corrected chi connectivity index (χ0v) is 9.62. The lowest BCUT2D eigenvalue weighted by Crippen LogP contribution is -2.33. The van der Waals surface area contributed by atoms with Gasteiger partial charge in [0.2, 0.25) is 5.91 Å². The number of aryl methyl sites for hydroxylation is 1. The number of hydrogen-bond acceptors (Lipinski definition) is 2. The standard InChI is InChI=1S/C13H18N2O/c1-9(13(14)16)15-12-8-4-6-10-5-2-3-7-11(10)12/h4,6,8-9,15H,2-3,5,7H2,1H3,(H2,14,16). The van der Waals surface area contributed by atoms with Crippen LogP contribution in [0.15, 0.2) is 18.2 Å². The van der Waals surface area contributed by atoms with E-state index in [4.69, 9.17) is 5.73 Å². The molecule has 0 aromatic heterocycles. The summed E-state index contributed by atoms with van der Waals surface area (Å²) in [6.45, 7) is 1.80. The van der Waals surface area contributed by atoms with Gasteiger partial charge >= 0.3 is 0 Å². The molecule has 16 heavy (non-hydrogen) atoms. The summed E-state index contributed by atoms with van der Waals surface area (Å²) in [5.74, 6) is -0.312. The van der Waals surface area contributed by atoms with E-state index in [9.17, 15) is 4.79 Å². The third kappa shape index (κ3) is 2.18. The number of fused-ring (bicyclic) bond motifs is 1. The Morgan fingerprint density at radius 1 is 1.38 bits per heavy atom. The van der Waals surface area contributed by atoms with E-state index in [2.05, 4.69) is 11.4 Å². The zero-order valence-electron chi connectivity index (χ0n) is 9.62. The Morgan fingerprint density at radius 2 is 2.12 bits per heavy atom. The van der Waals surface area contributed by atoms with Crippen LogP contribution in [0, 0.1) is 0 Å². The highest BCUT2D eigenvalue weighted by Crippen LogP contribution is 2.28. The SMILES string of the molecule is CC(Nc1cccc2c1CCCC2)C(N)=O. The maximum atomic E-state index is 11.0. The third-order valence-corrected chi connectivity index (χ3v) is 3.19. The van der Waals surface area contributed by atoms with E-state index in [1.54, 1.807) is 6.92 Å². The first kappa shape index (κ1) is 11.0. The van der Waals surface area contributed by atoms with E-state index in [0.29, 0.717) is 0 Å². The molecular weight excluding hydrogens is 200 g/mol. The molecule has 0 fully saturated rings. The van der Waals surface area contributed by atoms with Gasteiger partial charge in [-0.3, -0.25) is 4.79 Å². The number of carbonyl (C=O) groups excluding carboxylic acids is 1. The molecular formula is C13H18N2O. The lowest BCUT2D eigenvalue weighted by molar-refractivity contribution is -0.118. The van der Waals surface area contributed by atoms with Crippen molar-refractivity contribution in [1.29, 1.82) is 0 Å². The van der Waals surface area contributed by atoms with Gasteiger partial charge in [-0.2, -0.15) is 0 Å². The number of nitrogens with one attached hydrogen (secondary N) is 1. The Balaban J connectivity index is 2.24. The van der Waals surface area contributed by atoms with Gasteiger partial charge in [-0.05, 0) is 49.8 Å². The minimum Gasteiger partial charge on any atom is -0.374 e. The molecule has 3 N–H and O–H groups in total. The van der Waals surface area contributed by atoms with Crippen molar-refractivity contribution in [2.75, 3.05) is 5.32 Å². The van der Waals surface area contributed by atoms with Crippen LogP contribution < -0.4 is 11.1 Å². The molecule has 1 aromatic carbocycles. The molecule has 0 saturated heterocycles. The van der Waals surface area contributed by atoms with Crippen LogP contribution in [0.3, 0.4) is 0 Å². The summed E-state index contributed by atoms with van der Waals surface area (Å²) < 4.78 is 0. The van der Waals surface area contributed by atoms with Crippen LogP contribution >= 0.6 is 0 Å². The van der Waals surface area contributed by atoms with Gasteiger partial charge in [-0.25, -0.2) is 0 Å². The molecule has 0 aliphatic heterocycles. The highest BCUT2D eigenvalue weighted by molar-refractivity contribution is 5.82. The van der Waals surface area contributed by atoms with E-state index < -0.39 is 0 Å². The van der Waals surface area contributed by atoms with Crippen molar-refractivity contribution in [3.63, 3.8) is 0 Å². The lowest BCUT2D eigenvalue weighted by atomic mass is 9.90. The predicted octanol–water partition coefficient (Wildman–Crippen LogP) is 1.85. The van der Waals surface area contributed by atoms with Crippen molar-refractivity contribution in [1.82, 2.24) is 0 Å². The summed E-state index contributed by atoms with van der Waals surface area (Å²) in [6, 6.07) is 5.94. The van der Waals surface area contributed by atoms with Crippen LogP contribution in [0.25, 0.3) is 0 Å². The number of benzene rings is 1. The zero-order chi connectivity index (χ0) is 11.5. The summed E-state index contributed by atoms with van der Waals surface area (Å²) in [6.07, 6.45) is 4.75. The maximum Gasteiger partial charge on any atom is 0.239 e. The van der Waals surface area contributed by atoms with E-state index in [1.165, 1.54) is 24.0 Å². The lowest BCUT2D eigenvalue weighted by Gasteiger charge is -2.21. The molecule has 1 amide bonds. The molecule has 86 valence electrons. The molecule has 1 atom stereocenters. The third-order valence-electron chi connectivity index (χ3n) is 3.19. The molecule has 0 bridgehead atoms. The summed E-state index contributed by atoms with van der Waals surface area (Å²) in [5, 5.41) is 3.19. The summed E-state index contributed by atoms with van der Waals surface area (Å²) in [4.78, 5) is 11.0. The molecule has 1 unspecified atom stereocenters.